The lowest BCUT2D eigenvalue weighted by Gasteiger charge is -2.02. The molecule has 0 radical (unpaired) electrons. The number of carbonyl (C=O) groups is 1. The van der Waals surface area contributed by atoms with Gasteiger partial charge in [-0.3, -0.25) is 9.69 Å². The molecule has 2 rings (SSSR count). The topological polar surface area (TPSA) is 29.3 Å². The second kappa shape index (κ2) is 3.66. The minimum absolute atomic E-state index is 0.0800. The van der Waals surface area contributed by atoms with E-state index in [0.717, 1.165) is 18.6 Å². The van der Waals surface area contributed by atoms with E-state index in [4.69, 9.17) is 0 Å². The van der Waals surface area contributed by atoms with Gasteiger partial charge in [0.25, 0.3) is 0 Å². The number of carbonyl (C=O) groups excluding carboxylic acids is 1. The van der Waals surface area contributed by atoms with Gasteiger partial charge >= 0.3 is 5.97 Å². The summed E-state index contributed by atoms with van der Waals surface area (Å²) in [6, 6.07) is 1.61. The van der Waals surface area contributed by atoms with E-state index in [1.807, 2.05) is 0 Å². The van der Waals surface area contributed by atoms with Crippen molar-refractivity contribution in [3.63, 3.8) is 0 Å². The summed E-state index contributed by atoms with van der Waals surface area (Å²) in [5, 5.41) is 0. The summed E-state index contributed by atoms with van der Waals surface area (Å²) in [5.74, 6) is -0.0800. The molecule has 1 aliphatic heterocycles. The molecule has 74 valence electrons. The molecule has 2 fully saturated rings. The number of ether oxygens (including phenoxy) is 1. The molecule has 3 heteroatoms. The summed E-state index contributed by atoms with van der Waals surface area (Å²) in [7, 11) is 1.46. The zero-order chi connectivity index (χ0) is 9.26. The second-order valence-corrected chi connectivity index (χ2v) is 3.98. The van der Waals surface area contributed by atoms with Gasteiger partial charge in [0.2, 0.25) is 0 Å². The Morgan fingerprint density at radius 2 is 2.00 bits per heavy atom. The maximum absolute atomic E-state index is 10.9. The third-order valence-corrected chi connectivity index (χ3v) is 3.26. The lowest BCUT2D eigenvalue weighted by molar-refractivity contribution is -0.140. The monoisotopic (exact) mass is 183 g/mol. The van der Waals surface area contributed by atoms with Gasteiger partial charge in [0, 0.05) is 18.6 Å². The van der Waals surface area contributed by atoms with Crippen LogP contribution in [-0.2, 0) is 9.53 Å². The van der Waals surface area contributed by atoms with Crippen molar-refractivity contribution in [2.24, 2.45) is 0 Å². The number of hydrogen-bond donors (Lipinski definition) is 0. The molecule has 0 aromatic heterocycles. The van der Waals surface area contributed by atoms with Gasteiger partial charge in [0.1, 0.15) is 0 Å². The third kappa shape index (κ3) is 1.85. The number of rotatable bonds is 3. The summed E-state index contributed by atoms with van der Waals surface area (Å²) in [5.41, 5.74) is 0. The number of fused-ring (bicyclic) bond motifs is 1. The van der Waals surface area contributed by atoms with Crippen LogP contribution in [0.15, 0.2) is 0 Å². The molecule has 0 spiro atoms. The van der Waals surface area contributed by atoms with Crippen LogP contribution in [0, 0.1) is 0 Å². The highest BCUT2D eigenvalue weighted by molar-refractivity contribution is 5.69. The molecule has 1 saturated heterocycles. The standard InChI is InChI=1S/C10H17NO2/c1-13-10(12)6-7-11-8-4-2-3-5-9(8)11/h8-9H,2-7H2,1H3. The zero-order valence-corrected chi connectivity index (χ0v) is 8.16. The molecule has 0 aromatic carbocycles. The van der Waals surface area contributed by atoms with Gasteiger partial charge < -0.3 is 4.74 Å². The van der Waals surface area contributed by atoms with Crippen molar-refractivity contribution in [2.75, 3.05) is 13.7 Å². The van der Waals surface area contributed by atoms with Crippen LogP contribution in [-0.4, -0.2) is 36.6 Å². The molecular weight excluding hydrogens is 166 g/mol. The maximum Gasteiger partial charge on any atom is 0.306 e. The summed E-state index contributed by atoms with van der Waals surface area (Å²) in [6.07, 6.45) is 5.98. The molecular formula is C10H17NO2. The molecule has 1 aliphatic carbocycles. The Hall–Kier alpha value is -0.570. The van der Waals surface area contributed by atoms with Crippen LogP contribution in [0.1, 0.15) is 32.1 Å². The Morgan fingerprint density at radius 3 is 2.54 bits per heavy atom. The van der Waals surface area contributed by atoms with E-state index in [-0.39, 0.29) is 5.97 Å². The van der Waals surface area contributed by atoms with E-state index in [0.29, 0.717) is 6.42 Å². The van der Waals surface area contributed by atoms with E-state index in [1.54, 1.807) is 0 Å². The van der Waals surface area contributed by atoms with Crippen LogP contribution in [0.3, 0.4) is 0 Å². The first-order valence-electron chi connectivity index (χ1n) is 5.15. The van der Waals surface area contributed by atoms with E-state index < -0.39 is 0 Å². The number of methoxy groups -OCH3 is 1. The Morgan fingerprint density at radius 1 is 1.38 bits per heavy atom. The zero-order valence-electron chi connectivity index (χ0n) is 8.16. The fourth-order valence-electron chi connectivity index (χ4n) is 2.47. The number of esters is 1. The fraction of sp³-hybridized carbons (Fsp3) is 0.900. The Labute approximate surface area is 79.0 Å². The van der Waals surface area contributed by atoms with Gasteiger partial charge in [-0.25, -0.2) is 0 Å². The second-order valence-electron chi connectivity index (χ2n) is 3.98. The Balaban J connectivity index is 1.70. The van der Waals surface area contributed by atoms with Crippen LogP contribution >= 0.6 is 0 Å². The Kier molecular flexibility index (Phi) is 2.54. The molecule has 0 bridgehead atoms. The van der Waals surface area contributed by atoms with Crippen LogP contribution in [0.25, 0.3) is 0 Å². The van der Waals surface area contributed by atoms with Crippen molar-refractivity contribution < 1.29 is 9.53 Å². The van der Waals surface area contributed by atoms with E-state index in [1.165, 1.54) is 32.8 Å². The minimum atomic E-state index is -0.0800. The van der Waals surface area contributed by atoms with Gasteiger partial charge in [-0.05, 0) is 12.8 Å². The first-order chi connectivity index (χ1) is 6.33. The first kappa shape index (κ1) is 9.00. The fourth-order valence-corrected chi connectivity index (χ4v) is 2.47. The van der Waals surface area contributed by atoms with Crippen LogP contribution in [0.4, 0.5) is 0 Å². The van der Waals surface area contributed by atoms with Gasteiger partial charge in [-0.15, -0.1) is 0 Å². The predicted octanol–water partition coefficient (Wildman–Crippen LogP) is 1.18. The Bertz CT molecular complexity index is 193. The third-order valence-electron chi connectivity index (χ3n) is 3.26. The highest BCUT2D eigenvalue weighted by Gasteiger charge is 2.47. The molecule has 2 atom stereocenters. The normalized spacial score (nSPS) is 36.5. The summed E-state index contributed by atoms with van der Waals surface area (Å²) in [4.78, 5) is 13.3. The first-order valence-corrected chi connectivity index (χ1v) is 5.15. The average Bonchev–Trinajstić information content (AvgIpc) is 2.88. The van der Waals surface area contributed by atoms with Crippen LogP contribution in [0.5, 0.6) is 0 Å². The maximum atomic E-state index is 10.9. The molecule has 3 nitrogen and oxygen atoms in total. The van der Waals surface area contributed by atoms with Crippen molar-refractivity contribution in [1.82, 2.24) is 4.90 Å². The summed E-state index contributed by atoms with van der Waals surface area (Å²) < 4.78 is 4.62. The quantitative estimate of drug-likeness (QED) is 0.486. The highest BCUT2D eigenvalue weighted by atomic mass is 16.5. The average molecular weight is 183 g/mol. The van der Waals surface area contributed by atoms with Gasteiger partial charge in [-0.1, -0.05) is 12.8 Å². The number of hydrogen-bond acceptors (Lipinski definition) is 3. The van der Waals surface area contributed by atoms with E-state index in [2.05, 4.69) is 9.64 Å². The molecule has 0 amide bonds. The SMILES string of the molecule is COC(=O)CCN1C2CCCCC21. The van der Waals surface area contributed by atoms with Gasteiger partial charge in [0.05, 0.1) is 13.5 Å². The minimum Gasteiger partial charge on any atom is -0.469 e. The van der Waals surface area contributed by atoms with Crippen LogP contribution in [0.2, 0.25) is 0 Å². The molecule has 0 aromatic rings. The molecule has 1 heterocycles. The van der Waals surface area contributed by atoms with Crippen molar-refractivity contribution in [3.8, 4) is 0 Å². The van der Waals surface area contributed by atoms with E-state index >= 15 is 0 Å². The smallest absolute Gasteiger partial charge is 0.306 e. The lowest BCUT2D eigenvalue weighted by Crippen LogP contribution is -2.11. The molecule has 2 unspecified atom stereocenters. The summed E-state index contributed by atoms with van der Waals surface area (Å²) >= 11 is 0. The molecule has 13 heavy (non-hydrogen) atoms. The lowest BCUT2D eigenvalue weighted by atomic mass is 10.0. The predicted molar refractivity (Wildman–Crippen MR) is 49.4 cm³/mol. The van der Waals surface area contributed by atoms with Crippen molar-refractivity contribution >= 4 is 5.97 Å². The van der Waals surface area contributed by atoms with Crippen molar-refractivity contribution in [2.45, 2.75) is 44.2 Å². The molecule has 1 saturated carbocycles. The number of nitrogens with zero attached hydrogens (tertiary/aromatic N) is 1. The van der Waals surface area contributed by atoms with Crippen LogP contribution < -0.4 is 0 Å². The highest BCUT2D eigenvalue weighted by Crippen LogP contribution is 2.40. The van der Waals surface area contributed by atoms with Crippen molar-refractivity contribution in [3.05, 3.63) is 0 Å². The van der Waals surface area contributed by atoms with E-state index in [9.17, 15) is 4.79 Å². The number of likely N-dealkylation sites (tertiary alicyclic amines) is 1. The van der Waals surface area contributed by atoms with Crippen molar-refractivity contribution in [1.29, 1.82) is 0 Å². The summed E-state index contributed by atoms with van der Waals surface area (Å²) in [6.45, 7) is 0.905. The van der Waals surface area contributed by atoms with Gasteiger partial charge in [0.15, 0.2) is 0 Å². The largest absolute Gasteiger partial charge is 0.469 e. The molecule has 0 N–H and O–H groups in total. The van der Waals surface area contributed by atoms with Gasteiger partial charge in [-0.2, -0.15) is 0 Å². The molecule has 2 aliphatic rings.